The van der Waals surface area contributed by atoms with Crippen LogP contribution < -0.4 is 5.73 Å². The van der Waals surface area contributed by atoms with E-state index in [9.17, 15) is 0 Å². The summed E-state index contributed by atoms with van der Waals surface area (Å²) in [5.74, 6) is 0. The van der Waals surface area contributed by atoms with Crippen LogP contribution in [-0.4, -0.2) is 31.1 Å². The number of nitrogens with two attached hydrogens (primary N) is 1. The highest BCUT2D eigenvalue weighted by atomic mass is 35.5. The Hall–Kier alpha value is 0.500. The predicted molar refractivity (Wildman–Crippen MR) is 44.6 cm³/mol. The Morgan fingerprint density at radius 1 is 1.56 bits per heavy atom. The van der Waals surface area contributed by atoms with Crippen molar-refractivity contribution >= 4 is 24.8 Å². The molecule has 0 aromatic carbocycles. The first kappa shape index (κ1) is 12.2. The van der Waals surface area contributed by atoms with Crippen LogP contribution in [0.25, 0.3) is 0 Å². The van der Waals surface area contributed by atoms with E-state index in [-0.39, 0.29) is 24.8 Å². The van der Waals surface area contributed by atoms with Gasteiger partial charge in [-0.1, -0.05) is 0 Å². The SMILES string of the molecule is CN1CC[C@H]1CN.Cl.Cl. The second kappa shape index (κ2) is 5.30. The Morgan fingerprint density at radius 3 is 2.11 bits per heavy atom. The number of nitrogens with zero attached hydrogens (tertiary/aromatic N) is 1. The highest BCUT2D eigenvalue weighted by Crippen LogP contribution is 2.11. The molecule has 4 heteroatoms. The zero-order valence-corrected chi connectivity index (χ0v) is 7.17. The van der Waals surface area contributed by atoms with Gasteiger partial charge in [-0.25, -0.2) is 0 Å². The van der Waals surface area contributed by atoms with E-state index in [2.05, 4.69) is 11.9 Å². The van der Waals surface area contributed by atoms with Gasteiger partial charge in [0, 0.05) is 12.6 Å². The first-order chi connectivity index (χ1) is 3.34. The number of hydrogen-bond donors (Lipinski definition) is 1. The maximum Gasteiger partial charge on any atom is 0.0227 e. The molecule has 0 aromatic rings. The van der Waals surface area contributed by atoms with Crippen molar-refractivity contribution in [3.05, 3.63) is 0 Å². The largest absolute Gasteiger partial charge is 0.329 e. The minimum atomic E-state index is 0. The fraction of sp³-hybridized carbons (Fsp3) is 1.00. The quantitative estimate of drug-likeness (QED) is 0.625. The van der Waals surface area contributed by atoms with Gasteiger partial charge >= 0.3 is 0 Å². The van der Waals surface area contributed by atoms with E-state index in [4.69, 9.17) is 5.73 Å². The number of likely N-dealkylation sites (tertiary alicyclic amines) is 1. The van der Waals surface area contributed by atoms with Crippen molar-refractivity contribution in [3.63, 3.8) is 0 Å². The van der Waals surface area contributed by atoms with Crippen LogP contribution in [0, 0.1) is 0 Å². The van der Waals surface area contributed by atoms with Gasteiger partial charge in [0.1, 0.15) is 0 Å². The van der Waals surface area contributed by atoms with Crippen molar-refractivity contribution in [2.45, 2.75) is 12.5 Å². The van der Waals surface area contributed by atoms with Crippen LogP contribution in [0.1, 0.15) is 6.42 Å². The van der Waals surface area contributed by atoms with E-state index in [1.807, 2.05) is 0 Å². The van der Waals surface area contributed by atoms with Crippen molar-refractivity contribution in [1.29, 1.82) is 0 Å². The van der Waals surface area contributed by atoms with Crippen molar-refractivity contribution < 1.29 is 0 Å². The average molecular weight is 173 g/mol. The first-order valence-corrected chi connectivity index (χ1v) is 2.75. The van der Waals surface area contributed by atoms with E-state index in [0.29, 0.717) is 6.04 Å². The molecule has 0 aliphatic carbocycles. The first-order valence-electron chi connectivity index (χ1n) is 2.75. The Kier molecular flexibility index (Phi) is 7.18. The molecule has 1 aliphatic heterocycles. The average Bonchev–Trinajstić information content (AvgIpc) is 1.65. The molecular weight excluding hydrogens is 159 g/mol. The molecule has 0 spiro atoms. The molecule has 1 atom stereocenters. The molecule has 0 aromatic heterocycles. The van der Waals surface area contributed by atoms with Crippen LogP contribution in [-0.2, 0) is 0 Å². The van der Waals surface area contributed by atoms with Gasteiger partial charge in [-0.05, 0) is 20.0 Å². The summed E-state index contributed by atoms with van der Waals surface area (Å²) in [6.07, 6.45) is 1.30. The second-order valence-corrected chi connectivity index (χ2v) is 2.16. The van der Waals surface area contributed by atoms with E-state index in [1.54, 1.807) is 0 Å². The highest BCUT2D eigenvalue weighted by Gasteiger charge is 2.21. The summed E-state index contributed by atoms with van der Waals surface area (Å²) in [4.78, 5) is 2.28. The molecule has 58 valence electrons. The highest BCUT2D eigenvalue weighted by molar-refractivity contribution is 5.85. The molecule has 0 unspecified atom stereocenters. The Balaban J connectivity index is 0. The summed E-state index contributed by atoms with van der Waals surface area (Å²) < 4.78 is 0. The lowest BCUT2D eigenvalue weighted by Gasteiger charge is -2.36. The normalized spacial score (nSPS) is 25.3. The minimum Gasteiger partial charge on any atom is -0.329 e. The van der Waals surface area contributed by atoms with Gasteiger partial charge < -0.3 is 10.6 Å². The second-order valence-electron chi connectivity index (χ2n) is 2.16. The van der Waals surface area contributed by atoms with Crippen LogP contribution in [0.15, 0.2) is 0 Å². The standard InChI is InChI=1S/C5H12N2.2ClH/c1-7-3-2-5(7)4-6;;/h5H,2-4,6H2,1H3;2*1H/t5-;;/m0../s1. The summed E-state index contributed by atoms with van der Waals surface area (Å²) >= 11 is 0. The lowest BCUT2D eigenvalue weighted by Crippen LogP contribution is -2.48. The van der Waals surface area contributed by atoms with Crippen molar-refractivity contribution in [3.8, 4) is 0 Å². The Morgan fingerprint density at radius 2 is 2.11 bits per heavy atom. The van der Waals surface area contributed by atoms with Crippen LogP contribution >= 0.6 is 24.8 Å². The van der Waals surface area contributed by atoms with E-state index < -0.39 is 0 Å². The molecule has 1 aliphatic rings. The zero-order valence-electron chi connectivity index (χ0n) is 5.54. The number of rotatable bonds is 1. The molecule has 2 N–H and O–H groups in total. The van der Waals surface area contributed by atoms with Gasteiger partial charge in [-0.15, -0.1) is 24.8 Å². The smallest absolute Gasteiger partial charge is 0.0227 e. The van der Waals surface area contributed by atoms with Gasteiger partial charge in [0.2, 0.25) is 0 Å². The maximum absolute atomic E-state index is 5.38. The Bertz CT molecular complexity index is 68.0. The topological polar surface area (TPSA) is 29.3 Å². The lowest BCUT2D eigenvalue weighted by atomic mass is 10.1. The van der Waals surface area contributed by atoms with Crippen LogP contribution in [0.2, 0.25) is 0 Å². The van der Waals surface area contributed by atoms with Gasteiger partial charge in [-0.3, -0.25) is 0 Å². The number of likely N-dealkylation sites (N-methyl/N-ethyl adjacent to an activating group) is 1. The summed E-state index contributed by atoms with van der Waals surface area (Å²) in [7, 11) is 2.11. The fourth-order valence-corrected chi connectivity index (χ4v) is 0.868. The van der Waals surface area contributed by atoms with Crippen molar-refractivity contribution in [2.75, 3.05) is 20.1 Å². The molecule has 1 fully saturated rings. The molecular formula is C5H14Cl2N2. The van der Waals surface area contributed by atoms with E-state index in [1.165, 1.54) is 13.0 Å². The van der Waals surface area contributed by atoms with E-state index >= 15 is 0 Å². The van der Waals surface area contributed by atoms with Crippen LogP contribution in [0.4, 0.5) is 0 Å². The number of halogens is 2. The molecule has 1 rings (SSSR count). The third kappa shape index (κ3) is 2.72. The third-order valence-corrected chi connectivity index (χ3v) is 1.71. The molecule has 0 saturated carbocycles. The lowest BCUT2D eigenvalue weighted by molar-refractivity contribution is 0.133. The summed E-state index contributed by atoms with van der Waals surface area (Å²) in [6.45, 7) is 2.07. The molecule has 0 amide bonds. The predicted octanol–water partition coefficient (Wildman–Crippen LogP) is 0.493. The molecule has 0 radical (unpaired) electrons. The molecule has 1 heterocycles. The number of hydrogen-bond acceptors (Lipinski definition) is 2. The zero-order chi connectivity index (χ0) is 5.28. The summed E-state index contributed by atoms with van der Waals surface area (Å²) in [5, 5.41) is 0. The maximum atomic E-state index is 5.38. The Labute approximate surface area is 68.6 Å². The molecule has 9 heavy (non-hydrogen) atoms. The third-order valence-electron chi connectivity index (χ3n) is 1.71. The molecule has 1 saturated heterocycles. The van der Waals surface area contributed by atoms with Gasteiger partial charge in [0.15, 0.2) is 0 Å². The van der Waals surface area contributed by atoms with Crippen LogP contribution in [0.3, 0.4) is 0 Å². The van der Waals surface area contributed by atoms with Crippen LogP contribution in [0.5, 0.6) is 0 Å². The van der Waals surface area contributed by atoms with Gasteiger partial charge in [-0.2, -0.15) is 0 Å². The molecule has 2 nitrogen and oxygen atoms in total. The minimum absolute atomic E-state index is 0. The van der Waals surface area contributed by atoms with Gasteiger partial charge in [0.05, 0.1) is 0 Å². The summed E-state index contributed by atoms with van der Waals surface area (Å²) in [6, 6.07) is 0.694. The van der Waals surface area contributed by atoms with Crippen molar-refractivity contribution in [2.24, 2.45) is 5.73 Å². The van der Waals surface area contributed by atoms with Gasteiger partial charge in [0.25, 0.3) is 0 Å². The fourth-order valence-electron chi connectivity index (χ4n) is 0.868. The van der Waals surface area contributed by atoms with E-state index in [0.717, 1.165) is 6.54 Å². The molecule has 0 bridgehead atoms. The monoisotopic (exact) mass is 172 g/mol. The van der Waals surface area contributed by atoms with Crippen molar-refractivity contribution in [1.82, 2.24) is 4.90 Å². The summed E-state index contributed by atoms with van der Waals surface area (Å²) in [5.41, 5.74) is 5.38.